The van der Waals surface area contributed by atoms with Gasteiger partial charge in [0.15, 0.2) is 0 Å². The lowest BCUT2D eigenvalue weighted by Gasteiger charge is -2.33. The number of fused-ring (bicyclic) bond motifs is 1. The number of carbonyl (C=O) groups is 1. The summed E-state index contributed by atoms with van der Waals surface area (Å²) in [6.07, 6.45) is 0. The van der Waals surface area contributed by atoms with Crippen LogP contribution in [0.4, 0.5) is 0 Å². The fourth-order valence-corrected chi connectivity index (χ4v) is 6.45. The largest absolute Gasteiger partial charge is 0.335 e. The third-order valence-corrected chi connectivity index (χ3v) is 8.47. The molecule has 1 saturated heterocycles. The second-order valence-corrected chi connectivity index (χ2v) is 10.5. The van der Waals surface area contributed by atoms with Crippen LogP contribution in [0.5, 0.6) is 0 Å². The van der Waals surface area contributed by atoms with Crippen LogP contribution in [0.25, 0.3) is 10.8 Å². The maximum Gasteiger partial charge on any atom is 0.272 e. The van der Waals surface area contributed by atoms with E-state index in [0.717, 1.165) is 22.1 Å². The highest BCUT2D eigenvalue weighted by Gasteiger charge is 2.31. The van der Waals surface area contributed by atoms with Crippen LogP contribution in [0.15, 0.2) is 46.7 Å². The molecule has 3 aromatic rings. The Morgan fingerprint density at radius 1 is 1.04 bits per heavy atom. The molecule has 1 aliphatic heterocycles. The minimum Gasteiger partial charge on any atom is -0.335 e. The SMILES string of the molecule is O=C(c1cc2ccccc2c(Cl)n1)N1CCN(S(=O)(=O)c2ccc(Cl)s2)CC1. The Morgan fingerprint density at radius 3 is 2.43 bits per heavy atom. The number of hydrogen-bond acceptors (Lipinski definition) is 5. The molecule has 1 amide bonds. The Bertz CT molecular complexity index is 1160. The normalized spacial score (nSPS) is 15.9. The molecular weight excluding hydrogens is 441 g/mol. The summed E-state index contributed by atoms with van der Waals surface area (Å²) in [5.74, 6) is -0.260. The number of amides is 1. The van der Waals surface area contributed by atoms with Crippen LogP contribution in [-0.2, 0) is 10.0 Å². The highest BCUT2D eigenvalue weighted by Crippen LogP contribution is 2.29. The molecule has 0 radical (unpaired) electrons. The Morgan fingerprint density at radius 2 is 1.75 bits per heavy atom. The number of halogens is 2. The number of carbonyl (C=O) groups excluding carboxylic acids is 1. The molecule has 2 aromatic heterocycles. The molecule has 3 heterocycles. The van der Waals surface area contributed by atoms with E-state index in [2.05, 4.69) is 4.98 Å². The van der Waals surface area contributed by atoms with Crippen LogP contribution in [0.3, 0.4) is 0 Å². The Labute approximate surface area is 176 Å². The quantitative estimate of drug-likeness (QED) is 0.563. The van der Waals surface area contributed by atoms with E-state index in [9.17, 15) is 13.2 Å². The molecule has 0 aliphatic carbocycles. The summed E-state index contributed by atoms with van der Waals surface area (Å²) in [5.41, 5.74) is 0.255. The molecular formula is C18H15Cl2N3O3S2. The fraction of sp³-hybridized carbons (Fsp3) is 0.222. The van der Waals surface area contributed by atoms with Crippen molar-refractivity contribution in [3.8, 4) is 0 Å². The highest BCUT2D eigenvalue weighted by molar-refractivity contribution is 7.91. The predicted molar refractivity (Wildman–Crippen MR) is 111 cm³/mol. The van der Waals surface area contributed by atoms with Crippen molar-refractivity contribution < 1.29 is 13.2 Å². The van der Waals surface area contributed by atoms with Gasteiger partial charge in [-0.1, -0.05) is 47.5 Å². The van der Waals surface area contributed by atoms with Crippen LogP contribution in [-0.4, -0.2) is 54.7 Å². The van der Waals surface area contributed by atoms with Crippen molar-refractivity contribution in [3.63, 3.8) is 0 Å². The van der Waals surface area contributed by atoms with Gasteiger partial charge in [-0.25, -0.2) is 13.4 Å². The van der Waals surface area contributed by atoms with Gasteiger partial charge in [0.1, 0.15) is 15.1 Å². The van der Waals surface area contributed by atoms with E-state index in [1.807, 2.05) is 24.3 Å². The molecule has 1 aliphatic rings. The van der Waals surface area contributed by atoms with Gasteiger partial charge in [-0.2, -0.15) is 4.31 Å². The van der Waals surface area contributed by atoms with E-state index < -0.39 is 10.0 Å². The first-order valence-electron chi connectivity index (χ1n) is 8.46. The van der Waals surface area contributed by atoms with Gasteiger partial charge in [0.05, 0.1) is 4.34 Å². The van der Waals surface area contributed by atoms with Crippen LogP contribution in [0, 0.1) is 0 Å². The van der Waals surface area contributed by atoms with Crippen molar-refractivity contribution in [2.75, 3.05) is 26.2 Å². The third-order valence-electron chi connectivity index (χ3n) is 4.58. The number of sulfonamides is 1. The van der Waals surface area contributed by atoms with Crippen molar-refractivity contribution in [3.05, 3.63) is 57.6 Å². The third kappa shape index (κ3) is 3.62. The molecule has 0 atom stereocenters. The van der Waals surface area contributed by atoms with Gasteiger partial charge >= 0.3 is 0 Å². The van der Waals surface area contributed by atoms with Gasteiger partial charge in [-0.3, -0.25) is 4.79 Å². The summed E-state index contributed by atoms with van der Waals surface area (Å²) in [6.45, 7) is 0.988. The Kier molecular flexibility index (Phi) is 5.32. The van der Waals surface area contributed by atoms with Crippen LogP contribution in [0.2, 0.25) is 9.49 Å². The number of aromatic nitrogens is 1. The summed E-state index contributed by atoms with van der Waals surface area (Å²) in [7, 11) is -3.60. The molecule has 1 fully saturated rings. The summed E-state index contributed by atoms with van der Waals surface area (Å²) in [6, 6.07) is 12.2. The minimum atomic E-state index is -3.60. The van der Waals surface area contributed by atoms with Crippen molar-refractivity contribution >= 4 is 61.2 Å². The van der Waals surface area contributed by atoms with Crippen LogP contribution in [0.1, 0.15) is 10.5 Å². The number of thiophene rings is 1. The number of pyridine rings is 1. The lowest BCUT2D eigenvalue weighted by Crippen LogP contribution is -2.50. The maximum absolute atomic E-state index is 12.8. The zero-order valence-electron chi connectivity index (χ0n) is 14.5. The number of hydrogen-bond donors (Lipinski definition) is 0. The van der Waals surface area contributed by atoms with E-state index in [1.165, 1.54) is 10.4 Å². The Balaban J connectivity index is 1.50. The second kappa shape index (κ2) is 7.61. The second-order valence-electron chi connectivity index (χ2n) is 6.27. The smallest absolute Gasteiger partial charge is 0.272 e. The zero-order valence-corrected chi connectivity index (χ0v) is 17.7. The predicted octanol–water partition coefficient (Wildman–Crippen LogP) is 3.75. The molecule has 0 N–H and O–H groups in total. The van der Waals surface area contributed by atoms with Crippen molar-refractivity contribution in [2.24, 2.45) is 0 Å². The monoisotopic (exact) mass is 455 g/mol. The molecule has 28 heavy (non-hydrogen) atoms. The summed E-state index contributed by atoms with van der Waals surface area (Å²) in [5, 5.41) is 1.89. The number of benzene rings is 1. The standard InChI is InChI=1S/C18H15Cl2N3O3S2/c19-15-5-6-16(27-15)28(25,26)23-9-7-22(8-10-23)18(24)14-11-12-3-1-2-4-13(12)17(20)21-14/h1-6,11H,7-10H2. The Hall–Kier alpha value is -1.71. The van der Waals surface area contributed by atoms with E-state index in [1.54, 1.807) is 17.0 Å². The van der Waals surface area contributed by atoms with Gasteiger partial charge in [-0.15, -0.1) is 11.3 Å². The first-order chi connectivity index (χ1) is 13.4. The average Bonchev–Trinajstić information content (AvgIpc) is 3.15. The van der Waals surface area contributed by atoms with E-state index in [-0.39, 0.29) is 47.1 Å². The number of piperazine rings is 1. The lowest BCUT2D eigenvalue weighted by atomic mass is 10.1. The van der Waals surface area contributed by atoms with Gasteiger partial charge < -0.3 is 4.90 Å². The molecule has 6 nitrogen and oxygen atoms in total. The fourth-order valence-electron chi connectivity index (χ4n) is 3.12. The average molecular weight is 456 g/mol. The molecule has 1 aromatic carbocycles. The van der Waals surface area contributed by atoms with E-state index >= 15 is 0 Å². The van der Waals surface area contributed by atoms with Crippen LogP contribution >= 0.6 is 34.5 Å². The number of nitrogens with zero attached hydrogens (tertiary/aromatic N) is 3. The topological polar surface area (TPSA) is 70.6 Å². The summed E-state index contributed by atoms with van der Waals surface area (Å²) >= 11 is 13.1. The molecule has 146 valence electrons. The van der Waals surface area contributed by atoms with Crippen LogP contribution < -0.4 is 0 Å². The number of rotatable bonds is 3. The molecule has 0 unspecified atom stereocenters. The molecule has 0 bridgehead atoms. The van der Waals surface area contributed by atoms with E-state index in [0.29, 0.717) is 4.34 Å². The molecule has 4 rings (SSSR count). The van der Waals surface area contributed by atoms with Gasteiger partial charge in [0, 0.05) is 31.6 Å². The van der Waals surface area contributed by atoms with Crippen molar-refractivity contribution in [2.45, 2.75) is 4.21 Å². The maximum atomic E-state index is 12.8. The van der Waals surface area contributed by atoms with Gasteiger partial charge in [0.25, 0.3) is 15.9 Å². The van der Waals surface area contributed by atoms with Gasteiger partial charge in [0.2, 0.25) is 0 Å². The first kappa shape index (κ1) is 19.6. The summed E-state index contributed by atoms with van der Waals surface area (Å²) in [4.78, 5) is 18.7. The van der Waals surface area contributed by atoms with E-state index in [4.69, 9.17) is 23.2 Å². The highest BCUT2D eigenvalue weighted by atomic mass is 35.5. The lowest BCUT2D eigenvalue weighted by molar-refractivity contribution is 0.0692. The molecule has 0 saturated carbocycles. The molecule has 10 heteroatoms. The zero-order chi connectivity index (χ0) is 19.9. The minimum absolute atomic E-state index is 0.209. The van der Waals surface area contributed by atoms with Crippen molar-refractivity contribution in [1.82, 2.24) is 14.2 Å². The van der Waals surface area contributed by atoms with Crippen molar-refractivity contribution in [1.29, 1.82) is 0 Å². The summed E-state index contributed by atoms with van der Waals surface area (Å²) < 4.78 is 27.4. The first-order valence-corrected chi connectivity index (χ1v) is 11.5. The van der Waals surface area contributed by atoms with Gasteiger partial charge in [-0.05, 0) is 23.6 Å². The molecule has 0 spiro atoms.